The third kappa shape index (κ3) is 3.28. The van der Waals surface area contributed by atoms with Gasteiger partial charge in [0.2, 0.25) is 5.79 Å². The summed E-state index contributed by atoms with van der Waals surface area (Å²) in [5.41, 5.74) is 8.01. The molecule has 3 nitrogen and oxygen atoms in total. The minimum Gasteiger partial charge on any atom is -0.348 e. The molecule has 0 saturated carbocycles. The summed E-state index contributed by atoms with van der Waals surface area (Å²) in [5, 5.41) is 0. The van der Waals surface area contributed by atoms with Crippen molar-refractivity contribution in [2.45, 2.75) is 26.1 Å². The first-order valence-corrected chi connectivity index (χ1v) is 5.97. The maximum Gasteiger partial charge on any atom is 0.207 e. The number of benzene rings is 1. The van der Waals surface area contributed by atoms with Gasteiger partial charge in [0.25, 0.3) is 0 Å². The molecule has 0 aromatic heterocycles. The van der Waals surface area contributed by atoms with Crippen LogP contribution in [0.1, 0.15) is 25.0 Å². The van der Waals surface area contributed by atoms with Crippen molar-refractivity contribution < 1.29 is 9.47 Å². The third-order valence-electron chi connectivity index (χ3n) is 2.97. The summed E-state index contributed by atoms with van der Waals surface area (Å²) < 4.78 is 10.8. The van der Waals surface area contributed by atoms with Gasteiger partial charge in [-0.2, -0.15) is 0 Å². The van der Waals surface area contributed by atoms with Crippen molar-refractivity contribution >= 4 is 0 Å². The van der Waals surface area contributed by atoms with Crippen molar-refractivity contribution in [3.05, 3.63) is 35.4 Å². The molecule has 0 saturated heterocycles. The third-order valence-corrected chi connectivity index (χ3v) is 2.97. The number of hydrogen-bond acceptors (Lipinski definition) is 3. The average Bonchev–Trinajstić information content (AvgIpc) is 2.33. The smallest absolute Gasteiger partial charge is 0.207 e. The Kier molecular flexibility index (Phi) is 5.12. The van der Waals surface area contributed by atoms with E-state index < -0.39 is 5.79 Å². The van der Waals surface area contributed by atoms with Crippen LogP contribution in [0.3, 0.4) is 0 Å². The van der Waals surface area contributed by atoms with Crippen molar-refractivity contribution in [2.24, 2.45) is 11.7 Å². The van der Waals surface area contributed by atoms with Gasteiger partial charge in [-0.1, -0.05) is 38.1 Å². The van der Waals surface area contributed by atoms with Gasteiger partial charge >= 0.3 is 0 Å². The fourth-order valence-electron chi connectivity index (χ4n) is 1.97. The quantitative estimate of drug-likeness (QED) is 0.772. The van der Waals surface area contributed by atoms with Crippen LogP contribution in [0, 0.1) is 5.92 Å². The second-order valence-electron chi connectivity index (χ2n) is 4.66. The molecule has 0 aliphatic carbocycles. The van der Waals surface area contributed by atoms with Crippen LogP contribution < -0.4 is 5.73 Å². The van der Waals surface area contributed by atoms with Crippen LogP contribution in [0.2, 0.25) is 0 Å². The number of methoxy groups -OCH3 is 2. The molecule has 0 heterocycles. The average molecular weight is 237 g/mol. The first-order chi connectivity index (χ1) is 8.07. The zero-order chi connectivity index (χ0) is 12.9. The Morgan fingerprint density at radius 2 is 1.65 bits per heavy atom. The van der Waals surface area contributed by atoms with Gasteiger partial charge < -0.3 is 15.2 Å². The molecule has 0 unspecified atom stereocenters. The van der Waals surface area contributed by atoms with Crippen molar-refractivity contribution in [3.63, 3.8) is 0 Å². The molecule has 96 valence electrons. The standard InChI is InChI=1S/C14H23NO2/c1-11(2)9-12-5-7-13(8-6-12)14(10-15,16-3)17-4/h5-8,11H,9-10,15H2,1-4H3. The van der Waals surface area contributed by atoms with Gasteiger partial charge in [-0.05, 0) is 17.9 Å². The topological polar surface area (TPSA) is 44.5 Å². The van der Waals surface area contributed by atoms with Gasteiger partial charge in [0.1, 0.15) is 0 Å². The largest absolute Gasteiger partial charge is 0.348 e. The summed E-state index contributed by atoms with van der Waals surface area (Å²) >= 11 is 0. The first-order valence-electron chi connectivity index (χ1n) is 5.97. The summed E-state index contributed by atoms with van der Waals surface area (Å²) in [6, 6.07) is 8.27. The van der Waals surface area contributed by atoms with Crippen molar-refractivity contribution in [2.75, 3.05) is 20.8 Å². The second-order valence-corrected chi connectivity index (χ2v) is 4.66. The summed E-state index contributed by atoms with van der Waals surface area (Å²) in [6.07, 6.45) is 1.08. The summed E-state index contributed by atoms with van der Waals surface area (Å²) in [6.45, 7) is 4.72. The molecule has 3 heteroatoms. The van der Waals surface area contributed by atoms with E-state index in [0.717, 1.165) is 12.0 Å². The molecule has 1 rings (SSSR count). The van der Waals surface area contributed by atoms with E-state index in [1.807, 2.05) is 12.1 Å². The monoisotopic (exact) mass is 237 g/mol. The van der Waals surface area contributed by atoms with E-state index >= 15 is 0 Å². The Labute approximate surface area is 104 Å². The van der Waals surface area contributed by atoms with Crippen LogP contribution in [0.25, 0.3) is 0 Å². The Morgan fingerprint density at radius 3 is 2.00 bits per heavy atom. The van der Waals surface area contributed by atoms with Gasteiger partial charge in [0.05, 0.1) is 6.54 Å². The zero-order valence-corrected chi connectivity index (χ0v) is 11.2. The van der Waals surface area contributed by atoms with Gasteiger partial charge in [-0.25, -0.2) is 0 Å². The van der Waals surface area contributed by atoms with Crippen LogP contribution in [-0.4, -0.2) is 20.8 Å². The van der Waals surface area contributed by atoms with Crippen molar-refractivity contribution in [1.29, 1.82) is 0 Å². The highest BCUT2D eigenvalue weighted by Crippen LogP contribution is 2.25. The lowest BCUT2D eigenvalue weighted by molar-refractivity contribution is -0.207. The molecular weight excluding hydrogens is 214 g/mol. The highest BCUT2D eigenvalue weighted by molar-refractivity contribution is 5.26. The fraction of sp³-hybridized carbons (Fsp3) is 0.571. The Balaban J connectivity index is 2.92. The van der Waals surface area contributed by atoms with E-state index in [1.165, 1.54) is 5.56 Å². The van der Waals surface area contributed by atoms with E-state index in [-0.39, 0.29) is 0 Å². The number of nitrogens with two attached hydrogens (primary N) is 1. The lowest BCUT2D eigenvalue weighted by Gasteiger charge is -2.29. The number of ether oxygens (including phenoxy) is 2. The van der Waals surface area contributed by atoms with Gasteiger partial charge in [0.15, 0.2) is 0 Å². The molecule has 0 amide bonds. The molecule has 0 spiro atoms. The molecular formula is C14H23NO2. The van der Waals surface area contributed by atoms with Crippen LogP contribution in [0.4, 0.5) is 0 Å². The normalized spacial score (nSPS) is 12.1. The van der Waals surface area contributed by atoms with Gasteiger partial charge in [-0.3, -0.25) is 0 Å². The Morgan fingerprint density at radius 1 is 1.12 bits per heavy atom. The Bertz CT molecular complexity index is 320. The fourth-order valence-corrected chi connectivity index (χ4v) is 1.97. The van der Waals surface area contributed by atoms with Crippen LogP contribution in [0.5, 0.6) is 0 Å². The number of hydrogen-bond donors (Lipinski definition) is 1. The molecule has 0 aliphatic heterocycles. The maximum absolute atomic E-state index is 5.73. The summed E-state index contributed by atoms with van der Waals surface area (Å²) in [7, 11) is 3.22. The number of rotatable bonds is 6. The van der Waals surface area contributed by atoms with Crippen molar-refractivity contribution in [1.82, 2.24) is 0 Å². The van der Waals surface area contributed by atoms with Crippen LogP contribution in [-0.2, 0) is 21.7 Å². The van der Waals surface area contributed by atoms with E-state index in [0.29, 0.717) is 12.5 Å². The predicted octanol–water partition coefficient (Wildman–Crippen LogP) is 2.29. The first kappa shape index (κ1) is 14.2. The lowest BCUT2D eigenvalue weighted by atomic mass is 9.99. The van der Waals surface area contributed by atoms with Gasteiger partial charge in [0, 0.05) is 19.8 Å². The highest BCUT2D eigenvalue weighted by Gasteiger charge is 2.30. The van der Waals surface area contributed by atoms with E-state index in [9.17, 15) is 0 Å². The molecule has 0 bridgehead atoms. The Hall–Kier alpha value is -0.900. The minimum absolute atomic E-state index is 0.295. The molecule has 0 atom stereocenters. The van der Waals surface area contributed by atoms with Gasteiger partial charge in [-0.15, -0.1) is 0 Å². The summed E-state index contributed by atoms with van der Waals surface area (Å²) in [5.74, 6) is -0.166. The van der Waals surface area contributed by atoms with Crippen molar-refractivity contribution in [3.8, 4) is 0 Å². The summed E-state index contributed by atoms with van der Waals surface area (Å²) in [4.78, 5) is 0. The van der Waals surface area contributed by atoms with E-state index in [4.69, 9.17) is 15.2 Å². The SMILES string of the molecule is COC(CN)(OC)c1ccc(CC(C)C)cc1. The second kappa shape index (κ2) is 6.15. The van der Waals surface area contributed by atoms with E-state index in [1.54, 1.807) is 14.2 Å². The molecule has 2 N–H and O–H groups in total. The van der Waals surface area contributed by atoms with Crippen LogP contribution >= 0.6 is 0 Å². The molecule has 1 aromatic rings. The highest BCUT2D eigenvalue weighted by atomic mass is 16.7. The molecule has 0 aliphatic rings. The lowest BCUT2D eigenvalue weighted by Crippen LogP contribution is -2.38. The maximum atomic E-state index is 5.73. The van der Waals surface area contributed by atoms with Crippen LogP contribution in [0.15, 0.2) is 24.3 Å². The molecule has 17 heavy (non-hydrogen) atoms. The zero-order valence-electron chi connectivity index (χ0n) is 11.2. The molecule has 0 fully saturated rings. The van der Waals surface area contributed by atoms with E-state index in [2.05, 4.69) is 26.0 Å². The molecule has 0 radical (unpaired) electrons. The molecule has 1 aromatic carbocycles. The predicted molar refractivity (Wildman–Crippen MR) is 69.7 cm³/mol. The minimum atomic E-state index is -0.823.